The highest BCUT2D eigenvalue weighted by Crippen LogP contribution is 2.29. The van der Waals surface area contributed by atoms with Gasteiger partial charge in [0, 0.05) is 10.2 Å². The molecule has 0 N–H and O–H groups in total. The summed E-state index contributed by atoms with van der Waals surface area (Å²) < 4.78 is 30.3. The molecule has 0 amide bonds. The molecule has 0 aliphatic heterocycles. The van der Waals surface area contributed by atoms with Crippen molar-refractivity contribution in [2.24, 2.45) is 0 Å². The second-order valence-corrected chi connectivity index (χ2v) is 4.20. The summed E-state index contributed by atoms with van der Waals surface area (Å²) in [6, 6.07) is 1.59. The van der Waals surface area contributed by atoms with Crippen molar-refractivity contribution in [3.63, 3.8) is 0 Å². The van der Waals surface area contributed by atoms with Gasteiger partial charge in [0.2, 0.25) is 0 Å². The fourth-order valence-corrected chi connectivity index (χ4v) is 1.91. The molecular weight excluding hydrogens is 296 g/mol. The molecule has 6 heteroatoms. The molecule has 0 atom stereocenters. The predicted molar refractivity (Wildman–Crippen MR) is 62.0 cm³/mol. The zero-order valence-corrected chi connectivity index (χ0v) is 11.1. The summed E-state index contributed by atoms with van der Waals surface area (Å²) in [5, 5.41) is 0. The molecule has 94 valence electrons. The molecule has 0 saturated heterocycles. The molecule has 1 heterocycles. The number of alkyl halides is 2. The zero-order valence-electron chi connectivity index (χ0n) is 9.47. The van der Waals surface area contributed by atoms with Gasteiger partial charge in [0.05, 0.1) is 13.0 Å². The van der Waals surface area contributed by atoms with Crippen LogP contribution in [0.15, 0.2) is 10.5 Å². The zero-order chi connectivity index (χ0) is 13.0. The molecule has 0 aromatic carbocycles. The largest absolute Gasteiger partial charge is 0.466 e. The minimum Gasteiger partial charge on any atom is -0.466 e. The maximum absolute atomic E-state index is 12.7. The first-order valence-electron chi connectivity index (χ1n) is 5.05. The quantitative estimate of drug-likeness (QED) is 0.802. The van der Waals surface area contributed by atoms with Gasteiger partial charge in [-0.2, -0.15) is 0 Å². The Labute approximate surface area is 106 Å². The molecule has 0 aliphatic rings. The number of aryl methyl sites for hydroxylation is 1. The highest BCUT2D eigenvalue weighted by Gasteiger charge is 2.19. The van der Waals surface area contributed by atoms with Crippen molar-refractivity contribution < 1.29 is 18.3 Å². The Kier molecular flexibility index (Phi) is 4.99. The average molecular weight is 308 g/mol. The molecule has 0 aliphatic carbocycles. The molecule has 17 heavy (non-hydrogen) atoms. The van der Waals surface area contributed by atoms with Crippen molar-refractivity contribution in [2.75, 3.05) is 6.61 Å². The van der Waals surface area contributed by atoms with Crippen molar-refractivity contribution in [1.82, 2.24) is 4.98 Å². The minimum absolute atomic E-state index is 0.0441. The maximum Gasteiger partial charge on any atom is 0.310 e. The Morgan fingerprint density at radius 3 is 2.76 bits per heavy atom. The van der Waals surface area contributed by atoms with E-state index in [4.69, 9.17) is 4.74 Å². The van der Waals surface area contributed by atoms with Gasteiger partial charge in [-0.25, -0.2) is 8.78 Å². The van der Waals surface area contributed by atoms with E-state index in [0.717, 1.165) is 0 Å². The second-order valence-electron chi connectivity index (χ2n) is 3.40. The standard InChI is InChI=1S/C11H12BrF2NO2/c1-3-17-8(16)5-7-4-6(2)15-10(9(7)12)11(13)14/h4,11H,3,5H2,1-2H3. The van der Waals surface area contributed by atoms with E-state index < -0.39 is 12.4 Å². The first kappa shape index (κ1) is 14.0. The lowest BCUT2D eigenvalue weighted by molar-refractivity contribution is -0.142. The van der Waals surface area contributed by atoms with Crippen LogP contribution in [-0.4, -0.2) is 17.6 Å². The van der Waals surface area contributed by atoms with Crippen molar-refractivity contribution in [3.05, 3.63) is 27.5 Å². The third kappa shape index (κ3) is 3.73. The Balaban J connectivity index is 3.03. The number of hydrogen-bond donors (Lipinski definition) is 0. The van der Waals surface area contributed by atoms with Crippen LogP contribution in [0.2, 0.25) is 0 Å². The van der Waals surface area contributed by atoms with E-state index in [0.29, 0.717) is 11.3 Å². The van der Waals surface area contributed by atoms with Gasteiger partial charge in [0.1, 0.15) is 5.69 Å². The van der Waals surface area contributed by atoms with E-state index >= 15 is 0 Å². The topological polar surface area (TPSA) is 39.2 Å². The van der Waals surface area contributed by atoms with Gasteiger partial charge in [0.15, 0.2) is 0 Å². The van der Waals surface area contributed by atoms with Crippen molar-refractivity contribution >= 4 is 21.9 Å². The van der Waals surface area contributed by atoms with Crippen molar-refractivity contribution in [2.45, 2.75) is 26.7 Å². The van der Waals surface area contributed by atoms with E-state index in [9.17, 15) is 13.6 Å². The average Bonchev–Trinajstić information content (AvgIpc) is 2.22. The summed E-state index contributed by atoms with van der Waals surface area (Å²) in [5.74, 6) is -0.445. The molecule has 1 aromatic rings. The number of nitrogens with zero attached hydrogens (tertiary/aromatic N) is 1. The number of halogens is 3. The number of carbonyl (C=O) groups excluding carboxylic acids is 1. The van der Waals surface area contributed by atoms with E-state index in [-0.39, 0.29) is 23.2 Å². The SMILES string of the molecule is CCOC(=O)Cc1cc(C)nc(C(F)F)c1Br. The smallest absolute Gasteiger partial charge is 0.310 e. The van der Waals surface area contributed by atoms with Gasteiger partial charge in [-0.3, -0.25) is 9.78 Å². The van der Waals surface area contributed by atoms with Crippen LogP contribution in [0.5, 0.6) is 0 Å². The van der Waals surface area contributed by atoms with Gasteiger partial charge in [-0.1, -0.05) is 0 Å². The van der Waals surface area contributed by atoms with Crippen LogP contribution in [0.3, 0.4) is 0 Å². The van der Waals surface area contributed by atoms with Crippen LogP contribution in [0.4, 0.5) is 8.78 Å². The molecule has 0 bridgehead atoms. The molecule has 3 nitrogen and oxygen atoms in total. The summed E-state index contributed by atoms with van der Waals surface area (Å²) in [4.78, 5) is 15.0. The molecule has 1 rings (SSSR count). The first-order chi connectivity index (χ1) is 7.95. The Bertz CT molecular complexity index is 424. The third-order valence-corrected chi connectivity index (χ3v) is 2.95. The van der Waals surface area contributed by atoms with E-state index in [1.165, 1.54) is 0 Å². The molecule has 0 fully saturated rings. The Morgan fingerprint density at radius 2 is 2.24 bits per heavy atom. The molecule has 0 radical (unpaired) electrons. The fourth-order valence-electron chi connectivity index (χ4n) is 1.39. The first-order valence-corrected chi connectivity index (χ1v) is 5.84. The number of rotatable bonds is 4. The van der Waals surface area contributed by atoms with Crippen LogP contribution in [-0.2, 0) is 16.0 Å². The normalized spacial score (nSPS) is 10.7. The van der Waals surface area contributed by atoms with E-state index in [1.54, 1.807) is 19.9 Å². The van der Waals surface area contributed by atoms with Crippen LogP contribution < -0.4 is 0 Å². The number of hydrogen-bond acceptors (Lipinski definition) is 3. The lowest BCUT2D eigenvalue weighted by atomic mass is 10.1. The number of pyridine rings is 1. The minimum atomic E-state index is -2.68. The molecule has 1 aromatic heterocycles. The van der Waals surface area contributed by atoms with Crippen LogP contribution in [0.25, 0.3) is 0 Å². The van der Waals surface area contributed by atoms with Gasteiger partial charge < -0.3 is 4.74 Å². The second kappa shape index (κ2) is 6.05. The van der Waals surface area contributed by atoms with Gasteiger partial charge >= 0.3 is 5.97 Å². The Hall–Kier alpha value is -1.04. The maximum atomic E-state index is 12.7. The van der Waals surface area contributed by atoms with Crippen molar-refractivity contribution in [3.8, 4) is 0 Å². The lowest BCUT2D eigenvalue weighted by Crippen LogP contribution is -2.09. The lowest BCUT2D eigenvalue weighted by Gasteiger charge is -2.10. The van der Waals surface area contributed by atoms with Gasteiger partial charge in [0.25, 0.3) is 6.43 Å². The van der Waals surface area contributed by atoms with E-state index in [1.807, 2.05) is 0 Å². The van der Waals surface area contributed by atoms with Crippen molar-refractivity contribution in [1.29, 1.82) is 0 Å². The fraction of sp³-hybridized carbons (Fsp3) is 0.455. The highest BCUT2D eigenvalue weighted by atomic mass is 79.9. The van der Waals surface area contributed by atoms with E-state index in [2.05, 4.69) is 20.9 Å². The molecule has 0 unspecified atom stereocenters. The summed E-state index contributed by atoms with van der Waals surface area (Å²) in [6.45, 7) is 3.56. The Morgan fingerprint density at radius 1 is 1.59 bits per heavy atom. The van der Waals surface area contributed by atoms with Crippen LogP contribution in [0, 0.1) is 6.92 Å². The van der Waals surface area contributed by atoms with Gasteiger partial charge in [-0.05, 0) is 41.4 Å². The number of ether oxygens (including phenoxy) is 1. The third-order valence-electron chi connectivity index (χ3n) is 2.03. The predicted octanol–water partition coefficient (Wildman–Crippen LogP) is 3.20. The van der Waals surface area contributed by atoms with Gasteiger partial charge in [-0.15, -0.1) is 0 Å². The number of esters is 1. The highest BCUT2D eigenvalue weighted by molar-refractivity contribution is 9.10. The summed E-state index contributed by atoms with van der Waals surface area (Å²) in [6.07, 6.45) is -2.72. The molecule has 0 spiro atoms. The monoisotopic (exact) mass is 307 g/mol. The number of carbonyl (C=O) groups is 1. The van der Waals surface area contributed by atoms with Crippen LogP contribution in [0.1, 0.15) is 30.3 Å². The summed E-state index contributed by atoms with van der Waals surface area (Å²) >= 11 is 3.05. The van der Waals surface area contributed by atoms with Crippen LogP contribution >= 0.6 is 15.9 Å². The molecular formula is C11H12BrF2NO2. The number of aromatic nitrogens is 1. The molecule has 0 saturated carbocycles. The summed E-state index contributed by atoms with van der Waals surface area (Å²) in [5.41, 5.74) is 0.568. The summed E-state index contributed by atoms with van der Waals surface area (Å²) in [7, 11) is 0.